The Labute approximate surface area is 191 Å². The predicted octanol–water partition coefficient (Wildman–Crippen LogP) is 4.93. The first-order chi connectivity index (χ1) is 15.4. The summed E-state index contributed by atoms with van der Waals surface area (Å²) in [7, 11) is 0. The van der Waals surface area contributed by atoms with Crippen molar-refractivity contribution in [3.8, 4) is 5.75 Å². The molecule has 0 aliphatic heterocycles. The maximum absolute atomic E-state index is 14.4. The molecule has 0 spiro atoms. The SMILES string of the molecule is CC(C)Oc1ccc(Nc2ncc(CCCCO)c(=O)n2Cc2ccc(Cl)cc2)cc1F. The molecule has 0 unspecified atom stereocenters. The summed E-state index contributed by atoms with van der Waals surface area (Å²) in [6.45, 7) is 4.00. The Morgan fingerprint density at radius 1 is 1.19 bits per heavy atom. The molecule has 0 aliphatic carbocycles. The van der Waals surface area contributed by atoms with Crippen LogP contribution in [0.1, 0.15) is 37.8 Å². The van der Waals surface area contributed by atoms with Crippen LogP contribution in [0.4, 0.5) is 16.0 Å². The topological polar surface area (TPSA) is 76.4 Å². The monoisotopic (exact) mass is 459 g/mol. The van der Waals surface area contributed by atoms with Crippen LogP contribution in [0, 0.1) is 5.82 Å². The normalized spacial score (nSPS) is 11.1. The van der Waals surface area contributed by atoms with E-state index in [1.165, 1.54) is 16.8 Å². The van der Waals surface area contributed by atoms with Gasteiger partial charge in [-0.1, -0.05) is 23.7 Å². The number of aliphatic hydroxyl groups excluding tert-OH is 1. The van der Waals surface area contributed by atoms with Crippen LogP contribution in [-0.4, -0.2) is 27.4 Å². The molecule has 0 saturated heterocycles. The second kappa shape index (κ2) is 11.1. The molecule has 0 radical (unpaired) electrons. The zero-order chi connectivity index (χ0) is 23.1. The molecule has 1 heterocycles. The molecule has 0 bridgehead atoms. The highest BCUT2D eigenvalue weighted by Crippen LogP contribution is 2.24. The zero-order valence-corrected chi connectivity index (χ0v) is 18.9. The lowest BCUT2D eigenvalue weighted by atomic mass is 10.1. The summed E-state index contributed by atoms with van der Waals surface area (Å²) in [6, 6.07) is 11.7. The summed E-state index contributed by atoms with van der Waals surface area (Å²) in [4.78, 5) is 17.6. The number of unbranched alkanes of at least 4 members (excludes halogenated alkanes) is 1. The average Bonchev–Trinajstić information content (AvgIpc) is 2.75. The number of rotatable bonds is 10. The third kappa shape index (κ3) is 6.31. The quantitative estimate of drug-likeness (QED) is 0.420. The number of nitrogens with one attached hydrogen (secondary N) is 1. The van der Waals surface area contributed by atoms with E-state index in [0.717, 1.165) is 5.56 Å². The van der Waals surface area contributed by atoms with Gasteiger partial charge in [-0.15, -0.1) is 0 Å². The van der Waals surface area contributed by atoms with Crippen LogP contribution in [-0.2, 0) is 13.0 Å². The van der Waals surface area contributed by atoms with Gasteiger partial charge in [0, 0.05) is 35.1 Å². The molecule has 32 heavy (non-hydrogen) atoms. The van der Waals surface area contributed by atoms with Crippen molar-refractivity contribution >= 4 is 23.2 Å². The van der Waals surface area contributed by atoms with E-state index in [4.69, 9.17) is 21.4 Å². The molecule has 0 atom stereocenters. The highest BCUT2D eigenvalue weighted by molar-refractivity contribution is 6.30. The fourth-order valence-corrected chi connectivity index (χ4v) is 3.33. The highest BCUT2D eigenvalue weighted by Gasteiger charge is 2.13. The molecule has 8 heteroatoms. The molecule has 1 aromatic heterocycles. The lowest BCUT2D eigenvalue weighted by Crippen LogP contribution is -2.27. The van der Waals surface area contributed by atoms with Crippen LogP contribution < -0.4 is 15.6 Å². The molecular formula is C24H27ClFN3O3. The van der Waals surface area contributed by atoms with Crippen LogP contribution in [0.5, 0.6) is 5.75 Å². The maximum atomic E-state index is 14.4. The first-order valence-electron chi connectivity index (χ1n) is 10.5. The summed E-state index contributed by atoms with van der Waals surface area (Å²) in [5.41, 5.74) is 1.70. The van der Waals surface area contributed by atoms with Crippen molar-refractivity contribution in [2.75, 3.05) is 11.9 Å². The van der Waals surface area contributed by atoms with Gasteiger partial charge in [0.15, 0.2) is 11.6 Å². The van der Waals surface area contributed by atoms with Gasteiger partial charge in [-0.25, -0.2) is 9.37 Å². The fraction of sp³-hybridized carbons (Fsp3) is 0.333. The molecule has 2 N–H and O–H groups in total. The van der Waals surface area contributed by atoms with Crippen molar-refractivity contribution in [2.24, 2.45) is 0 Å². The maximum Gasteiger partial charge on any atom is 0.258 e. The van der Waals surface area contributed by atoms with E-state index in [2.05, 4.69) is 10.3 Å². The van der Waals surface area contributed by atoms with Gasteiger partial charge < -0.3 is 15.2 Å². The van der Waals surface area contributed by atoms with Gasteiger partial charge in [-0.05, 0) is 62.9 Å². The Hall–Kier alpha value is -2.90. The number of hydrogen-bond acceptors (Lipinski definition) is 5. The van der Waals surface area contributed by atoms with Crippen LogP contribution in [0.3, 0.4) is 0 Å². The number of benzene rings is 2. The third-order valence-corrected chi connectivity index (χ3v) is 5.03. The Balaban J connectivity index is 1.93. The van der Waals surface area contributed by atoms with Crippen molar-refractivity contribution < 1.29 is 14.2 Å². The Morgan fingerprint density at radius 3 is 2.59 bits per heavy atom. The van der Waals surface area contributed by atoms with Crippen LogP contribution in [0.25, 0.3) is 0 Å². The van der Waals surface area contributed by atoms with Crippen molar-refractivity contribution in [3.05, 3.63) is 81.0 Å². The average molecular weight is 460 g/mol. The fourth-order valence-electron chi connectivity index (χ4n) is 3.21. The standard InChI is InChI=1S/C24H27ClFN3O3/c1-16(2)32-22-11-10-20(13-21(22)26)28-24-27-14-18(5-3-4-12-30)23(31)29(24)15-17-6-8-19(25)9-7-17/h6-11,13-14,16,30H,3-5,12,15H2,1-2H3,(H,27,28). The van der Waals surface area contributed by atoms with Crippen LogP contribution in [0.2, 0.25) is 5.02 Å². The van der Waals surface area contributed by atoms with Gasteiger partial charge in [-0.3, -0.25) is 9.36 Å². The van der Waals surface area contributed by atoms with Crippen LogP contribution >= 0.6 is 11.6 Å². The minimum atomic E-state index is -0.504. The van der Waals surface area contributed by atoms with Gasteiger partial charge in [-0.2, -0.15) is 0 Å². The Bertz CT molecular complexity index is 1100. The van der Waals surface area contributed by atoms with Crippen molar-refractivity contribution in [3.63, 3.8) is 0 Å². The minimum absolute atomic E-state index is 0.0775. The van der Waals surface area contributed by atoms with E-state index in [1.54, 1.807) is 24.3 Å². The molecule has 3 aromatic rings. The van der Waals surface area contributed by atoms with E-state index >= 15 is 0 Å². The number of hydrogen-bond donors (Lipinski definition) is 2. The zero-order valence-electron chi connectivity index (χ0n) is 18.1. The van der Waals surface area contributed by atoms with Gasteiger partial charge in [0.1, 0.15) is 0 Å². The molecule has 170 valence electrons. The molecular weight excluding hydrogens is 433 g/mol. The summed E-state index contributed by atoms with van der Waals surface area (Å²) in [6.07, 6.45) is 3.20. The Morgan fingerprint density at radius 2 is 1.94 bits per heavy atom. The number of aromatic nitrogens is 2. The summed E-state index contributed by atoms with van der Waals surface area (Å²) in [5, 5.41) is 12.7. The molecule has 0 amide bonds. The molecule has 0 aliphatic rings. The molecule has 6 nitrogen and oxygen atoms in total. The predicted molar refractivity (Wildman–Crippen MR) is 125 cm³/mol. The van der Waals surface area contributed by atoms with E-state index in [1.807, 2.05) is 26.0 Å². The number of anilines is 2. The number of halogens is 2. The van der Waals surface area contributed by atoms with Gasteiger partial charge in [0.2, 0.25) is 5.95 Å². The smallest absolute Gasteiger partial charge is 0.258 e. The summed E-state index contributed by atoms with van der Waals surface area (Å²) in [5.74, 6) is -0.0417. The van der Waals surface area contributed by atoms with Crippen molar-refractivity contribution in [1.82, 2.24) is 9.55 Å². The summed E-state index contributed by atoms with van der Waals surface area (Å²) < 4.78 is 21.4. The number of aliphatic hydroxyl groups is 1. The third-order valence-electron chi connectivity index (χ3n) is 4.78. The van der Waals surface area contributed by atoms with E-state index in [-0.39, 0.29) is 30.6 Å². The van der Waals surface area contributed by atoms with Gasteiger partial charge >= 0.3 is 0 Å². The molecule has 0 fully saturated rings. The van der Waals surface area contributed by atoms with Gasteiger partial charge in [0.05, 0.1) is 12.6 Å². The van der Waals surface area contributed by atoms with Gasteiger partial charge in [0.25, 0.3) is 5.56 Å². The number of ether oxygens (including phenoxy) is 1. The molecule has 2 aromatic carbocycles. The first-order valence-corrected chi connectivity index (χ1v) is 10.9. The second-order valence-corrected chi connectivity index (χ2v) is 8.18. The Kier molecular flexibility index (Phi) is 8.25. The summed E-state index contributed by atoms with van der Waals surface area (Å²) >= 11 is 5.98. The van der Waals surface area contributed by atoms with E-state index in [0.29, 0.717) is 41.5 Å². The molecule has 3 rings (SSSR count). The molecule has 0 saturated carbocycles. The van der Waals surface area contributed by atoms with E-state index in [9.17, 15) is 9.18 Å². The van der Waals surface area contributed by atoms with Crippen LogP contribution in [0.15, 0.2) is 53.5 Å². The van der Waals surface area contributed by atoms with Crippen molar-refractivity contribution in [1.29, 1.82) is 0 Å². The first kappa shape index (κ1) is 23.8. The second-order valence-electron chi connectivity index (χ2n) is 7.74. The van der Waals surface area contributed by atoms with Crippen molar-refractivity contribution in [2.45, 2.75) is 45.8 Å². The lowest BCUT2D eigenvalue weighted by Gasteiger charge is -2.16. The number of aryl methyl sites for hydroxylation is 1. The van der Waals surface area contributed by atoms with E-state index < -0.39 is 5.82 Å². The highest BCUT2D eigenvalue weighted by atomic mass is 35.5. The largest absolute Gasteiger partial charge is 0.488 e. The number of nitrogens with zero attached hydrogens (tertiary/aromatic N) is 2. The minimum Gasteiger partial charge on any atom is -0.488 e. The lowest BCUT2D eigenvalue weighted by molar-refractivity contribution is 0.231.